The summed E-state index contributed by atoms with van der Waals surface area (Å²) >= 11 is 0. The van der Waals surface area contributed by atoms with Crippen LogP contribution in [0.15, 0.2) is 48.7 Å². The number of likely N-dealkylation sites (N-methyl/N-ethyl adjacent to an activating group) is 1. The predicted molar refractivity (Wildman–Crippen MR) is 98.4 cm³/mol. The number of rotatable bonds is 7. The third kappa shape index (κ3) is 4.78. The number of ether oxygens (including phenoxy) is 1. The average Bonchev–Trinajstić information content (AvgIpc) is 2.96. The van der Waals surface area contributed by atoms with Gasteiger partial charge in [0.2, 0.25) is 5.88 Å². The van der Waals surface area contributed by atoms with E-state index in [-0.39, 0.29) is 0 Å². The summed E-state index contributed by atoms with van der Waals surface area (Å²) in [7, 11) is 3.67. The predicted octanol–water partition coefficient (Wildman–Crippen LogP) is 2.16. The van der Waals surface area contributed by atoms with Gasteiger partial charge in [0.05, 0.1) is 12.7 Å². The molecule has 1 aromatic carbocycles. The highest BCUT2D eigenvalue weighted by Crippen LogP contribution is 2.25. The maximum absolute atomic E-state index is 11.0. The van der Waals surface area contributed by atoms with Crippen LogP contribution in [-0.2, 0) is 13.1 Å². The van der Waals surface area contributed by atoms with Crippen molar-refractivity contribution in [2.24, 2.45) is 0 Å². The highest BCUT2D eigenvalue weighted by molar-refractivity contribution is 5.25. The van der Waals surface area contributed by atoms with Crippen molar-refractivity contribution in [2.75, 3.05) is 33.8 Å². The van der Waals surface area contributed by atoms with E-state index in [2.05, 4.69) is 39.0 Å². The second-order valence-corrected chi connectivity index (χ2v) is 7.01. The molecule has 0 spiro atoms. The normalized spacial score (nSPS) is 21.0. The van der Waals surface area contributed by atoms with E-state index < -0.39 is 5.60 Å². The summed E-state index contributed by atoms with van der Waals surface area (Å²) in [5, 5.41) is 11.0. The standard InChI is InChI=1S/C20H27N3O2/c1-22(14-18-9-6-11-21-19(18)25-2)15-20(24)10-12-23(16-20)13-17-7-4-3-5-8-17/h3-9,11,24H,10,12-16H2,1-2H3/t20-/m1/s1. The molecule has 0 amide bonds. The number of aromatic nitrogens is 1. The quantitative estimate of drug-likeness (QED) is 0.836. The Balaban J connectivity index is 1.55. The van der Waals surface area contributed by atoms with E-state index in [1.54, 1.807) is 13.3 Å². The van der Waals surface area contributed by atoms with E-state index in [1.807, 2.05) is 25.2 Å². The van der Waals surface area contributed by atoms with Crippen molar-refractivity contribution in [3.8, 4) is 5.88 Å². The summed E-state index contributed by atoms with van der Waals surface area (Å²) in [5.41, 5.74) is 1.66. The fourth-order valence-corrected chi connectivity index (χ4v) is 3.62. The summed E-state index contributed by atoms with van der Waals surface area (Å²) in [5.74, 6) is 0.651. The van der Waals surface area contributed by atoms with E-state index in [1.165, 1.54) is 5.56 Å². The van der Waals surface area contributed by atoms with Crippen LogP contribution in [0.5, 0.6) is 5.88 Å². The van der Waals surface area contributed by atoms with Gasteiger partial charge in [0.1, 0.15) is 0 Å². The number of nitrogens with zero attached hydrogens (tertiary/aromatic N) is 3. The van der Waals surface area contributed by atoms with E-state index in [0.717, 1.165) is 25.1 Å². The monoisotopic (exact) mass is 341 g/mol. The first-order chi connectivity index (χ1) is 12.1. The van der Waals surface area contributed by atoms with Gasteiger partial charge in [0.15, 0.2) is 0 Å². The van der Waals surface area contributed by atoms with Crippen LogP contribution in [0.3, 0.4) is 0 Å². The van der Waals surface area contributed by atoms with Gasteiger partial charge in [-0.3, -0.25) is 9.80 Å². The summed E-state index contributed by atoms with van der Waals surface area (Å²) in [6, 6.07) is 14.4. The van der Waals surface area contributed by atoms with Gasteiger partial charge in [-0.1, -0.05) is 36.4 Å². The Hall–Kier alpha value is -1.95. The van der Waals surface area contributed by atoms with Gasteiger partial charge in [0.25, 0.3) is 0 Å². The molecule has 1 saturated heterocycles. The fourth-order valence-electron chi connectivity index (χ4n) is 3.62. The first-order valence-electron chi connectivity index (χ1n) is 8.73. The van der Waals surface area contributed by atoms with Gasteiger partial charge >= 0.3 is 0 Å². The lowest BCUT2D eigenvalue weighted by molar-refractivity contribution is 0.0160. The Morgan fingerprint density at radius 2 is 2.04 bits per heavy atom. The van der Waals surface area contributed by atoms with Crippen LogP contribution in [-0.4, -0.2) is 59.3 Å². The van der Waals surface area contributed by atoms with Crippen LogP contribution in [0.1, 0.15) is 17.5 Å². The zero-order valence-corrected chi connectivity index (χ0v) is 15.1. The smallest absolute Gasteiger partial charge is 0.217 e. The molecular weight excluding hydrogens is 314 g/mol. The highest BCUT2D eigenvalue weighted by atomic mass is 16.5. The summed E-state index contributed by atoms with van der Waals surface area (Å²) in [6.45, 7) is 3.86. The van der Waals surface area contributed by atoms with Crippen molar-refractivity contribution < 1.29 is 9.84 Å². The fraction of sp³-hybridized carbons (Fsp3) is 0.450. The Bertz CT molecular complexity index is 680. The van der Waals surface area contributed by atoms with Crippen molar-refractivity contribution in [1.82, 2.24) is 14.8 Å². The summed E-state index contributed by atoms with van der Waals surface area (Å²) < 4.78 is 5.32. The van der Waals surface area contributed by atoms with E-state index in [4.69, 9.17) is 4.74 Å². The van der Waals surface area contributed by atoms with Crippen molar-refractivity contribution in [2.45, 2.75) is 25.1 Å². The number of benzene rings is 1. The zero-order valence-electron chi connectivity index (χ0n) is 15.1. The third-order valence-corrected chi connectivity index (χ3v) is 4.71. The Morgan fingerprint density at radius 3 is 2.80 bits per heavy atom. The zero-order chi connectivity index (χ0) is 17.7. The molecule has 1 atom stereocenters. The second-order valence-electron chi connectivity index (χ2n) is 7.01. The number of hydrogen-bond acceptors (Lipinski definition) is 5. The number of hydrogen-bond donors (Lipinski definition) is 1. The Kier molecular flexibility index (Phi) is 5.68. The van der Waals surface area contributed by atoms with Crippen LogP contribution in [0.4, 0.5) is 0 Å². The molecule has 1 aromatic heterocycles. The Labute approximate surface area is 149 Å². The van der Waals surface area contributed by atoms with Crippen LogP contribution < -0.4 is 4.74 Å². The van der Waals surface area contributed by atoms with Crippen molar-refractivity contribution >= 4 is 0 Å². The molecule has 2 aromatic rings. The van der Waals surface area contributed by atoms with Crippen LogP contribution in [0.25, 0.3) is 0 Å². The highest BCUT2D eigenvalue weighted by Gasteiger charge is 2.36. The molecule has 1 aliphatic heterocycles. The molecule has 2 heterocycles. The van der Waals surface area contributed by atoms with Gasteiger partial charge in [-0.15, -0.1) is 0 Å². The molecule has 3 rings (SSSR count). The number of likely N-dealkylation sites (tertiary alicyclic amines) is 1. The first-order valence-corrected chi connectivity index (χ1v) is 8.73. The van der Waals surface area contributed by atoms with Crippen molar-refractivity contribution in [3.05, 3.63) is 59.8 Å². The average molecular weight is 341 g/mol. The summed E-state index contributed by atoms with van der Waals surface area (Å²) in [6.07, 6.45) is 2.53. The maximum Gasteiger partial charge on any atom is 0.217 e. The van der Waals surface area contributed by atoms with Gasteiger partial charge in [-0.05, 0) is 25.1 Å². The SMILES string of the molecule is COc1ncccc1CN(C)C[C@]1(O)CCN(Cc2ccccc2)C1. The Morgan fingerprint density at radius 1 is 1.24 bits per heavy atom. The molecule has 1 aliphatic rings. The van der Waals surface area contributed by atoms with E-state index in [9.17, 15) is 5.11 Å². The molecule has 134 valence electrons. The number of pyridine rings is 1. The number of methoxy groups -OCH3 is 1. The second kappa shape index (κ2) is 7.95. The first kappa shape index (κ1) is 17.9. The minimum absolute atomic E-state index is 0.635. The number of aliphatic hydroxyl groups is 1. The summed E-state index contributed by atoms with van der Waals surface area (Å²) in [4.78, 5) is 8.71. The van der Waals surface area contributed by atoms with Gasteiger partial charge < -0.3 is 9.84 Å². The van der Waals surface area contributed by atoms with E-state index in [0.29, 0.717) is 25.5 Å². The molecule has 1 fully saturated rings. The van der Waals surface area contributed by atoms with Gasteiger partial charge in [-0.2, -0.15) is 0 Å². The molecule has 1 N–H and O–H groups in total. The lowest BCUT2D eigenvalue weighted by atomic mass is 10.0. The molecule has 0 bridgehead atoms. The molecule has 25 heavy (non-hydrogen) atoms. The minimum Gasteiger partial charge on any atom is -0.481 e. The lowest BCUT2D eigenvalue weighted by Crippen LogP contribution is -2.43. The molecule has 5 nitrogen and oxygen atoms in total. The molecule has 5 heteroatoms. The number of β-amino-alcohol motifs (C(OH)–C–C–N with tert-alkyl or cyclic N) is 1. The largest absolute Gasteiger partial charge is 0.481 e. The van der Waals surface area contributed by atoms with Gasteiger partial charge in [-0.25, -0.2) is 4.98 Å². The van der Waals surface area contributed by atoms with Crippen LogP contribution in [0, 0.1) is 0 Å². The van der Waals surface area contributed by atoms with Crippen molar-refractivity contribution in [3.63, 3.8) is 0 Å². The van der Waals surface area contributed by atoms with E-state index >= 15 is 0 Å². The molecule has 0 unspecified atom stereocenters. The molecule has 0 aliphatic carbocycles. The van der Waals surface area contributed by atoms with Crippen LogP contribution in [0.2, 0.25) is 0 Å². The van der Waals surface area contributed by atoms with Gasteiger partial charge in [0, 0.05) is 44.5 Å². The molecule has 0 radical (unpaired) electrons. The van der Waals surface area contributed by atoms with Crippen LogP contribution >= 0.6 is 0 Å². The minimum atomic E-state index is -0.668. The topological polar surface area (TPSA) is 48.8 Å². The maximum atomic E-state index is 11.0. The molecule has 0 saturated carbocycles. The lowest BCUT2D eigenvalue weighted by Gasteiger charge is -2.29. The van der Waals surface area contributed by atoms with Crippen molar-refractivity contribution in [1.29, 1.82) is 0 Å². The molecular formula is C20H27N3O2. The third-order valence-electron chi connectivity index (χ3n) is 4.71.